The van der Waals surface area contributed by atoms with E-state index in [9.17, 15) is 19.7 Å². The van der Waals surface area contributed by atoms with Crippen molar-refractivity contribution in [3.8, 4) is 5.69 Å². The number of non-ortho nitro benzene ring substituents is 1. The maximum Gasteiger partial charge on any atom is 0.276 e. The zero-order chi connectivity index (χ0) is 20.1. The number of nitrogens with zero attached hydrogens (tertiary/aromatic N) is 3. The molecule has 0 saturated heterocycles. The predicted molar refractivity (Wildman–Crippen MR) is 105 cm³/mol. The third-order valence-electron chi connectivity index (χ3n) is 3.65. The second-order valence-corrected chi connectivity index (χ2v) is 6.64. The molecular formula is C18H15N5O4S. The van der Waals surface area contributed by atoms with Crippen molar-refractivity contribution < 1.29 is 14.5 Å². The van der Waals surface area contributed by atoms with Crippen molar-refractivity contribution in [2.75, 3.05) is 11.1 Å². The van der Waals surface area contributed by atoms with E-state index in [0.29, 0.717) is 16.3 Å². The molecule has 3 N–H and O–H groups in total. The number of amides is 2. The van der Waals surface area contributed by atoms with Crippen molar-refractivity contribution in [2.24, 2.45) is 5.73 Å². The van der Waals surface area contributed by atoms with E-state index in [4.69, 9.17) is 5.73 Å². The average molecular weight is 397 g/mol. The number of nitro groups is 1. The van der Waals surface area contributed by atoms with Crippen LogP contribution in [0.15, 0.2) is 65.7 Å². The molecule has 0 fully saturated rings. The van der Waals surface area contributed by atoms with Gasteiger partial charge < -0.3 is 11.1 Å². The summed E-state index contributed by atoms with van der Waals surface area (Å²) in [5.74, 6) is -0.775. The Labute approximate surface area is 163 Å². The average Bonchev–Trinajstić information content (AvgIpc) is 3.17. The quantitative estimate of drug-likeness (QED) is 0.358. The Morgan fingerprint density at radius 2 is 1.86 bits per heavy atom. The highest BCUT2D eigenvalue weighted by Gasteiger charge is 2.14. The van der Waals surface area contributed by atoms with Gasteiger partial charge in [0.05, 0.1) is 22.1 Å². The van der Waals surface area contributed by atoms with E-state index in [1.807, 2.05) is 0 Å². The van der Waals surface area contributed by atoms with E-state index >= 15 is 0 Å². The molecule has 0 aliphatic carbocycles. The predicted octanol–water partition coefficient (Wildman–Crippen LogP) is 2.61. The summed E-state index contributed by atoms with van der Waals surface area (Å²) in [6, 6.07) is 14.4. The maximum atomic E-state index is 12.5. The molecule has 2 aromatic carbocycles. The number of nitrogens with one attached hydrogen (secondary N) is 1. The van der Waals surface area contributed by atoms with Gasteiger partial charge in [0, 0.05) is 23.2 Å². The smallest absolute Gasteiger partial charge is 0.276 e. The zero-order valence-corrected chi connectivity index (χ0v) is 15.3. The third kappa shape index (κ3) is 4.54. The number of hydrogen-bond acceptors (Lipinski definition) is 6. The molecule has 0 radical (unpaired) electrons. The van der Waals surface area contributed by atoms with Gasteiger partial charge in [0.15, 0.2) is 5.69 Å². The molecule has 0 atom stereocenters. The van der Waals surface area contributed by atoms with Crippen molar-refractivity contribution >= 4 is 35.0 Å². The molecule has 0 unspecified atom stereocenters. The second-order valence-electron chi connectivity index (χ2n) is 5.62. The van der Waals surface area contributed by atoms with Gasteiger partial charge in [-0.05, 0) is 30.3 Å². The SMILES string of the molecule is NC(=O)CSc1ccccc1NC(=O)c1ccn(-c2ccc([N+](=O)[O-])cc2)n1. The summed E-state index contributed by atoms with van der Waals surface area (Å²) in [6.45, 7) is 0. The van der Waals surface area contributed by atoms with Crippen LogP contribution in [0.2, 0.25) is 0 Å². The van der Waals surface area contributed by atoms with Crippen LogP contribution in [0.5, 0.6) is 0 Å². The minimum atomic E-state index is -0.487. The maximum absolute atomic E-state index is 12.5. The summed E-state index contributed by atoms with van der Waals surface area (Å²) in [5.41, 5.74) is 6.45. The molecule has 1 heterocycles. The first-order chi connectivity index (χ1) is 13.4. The number of anilines is 1. The fraction of sp³-hybridized carbons (Fsp3) is 0.0556. The van der Waals surface area contributed by atoms with Crippen LogP contribution >= 0.6 is 11.8 Å². The Morgan fingerprint density at radius 3 is 2.54 bits per heavy atom. The molecule has 0 aliphatic heterocycles. The van der Waals surface area contributed by atoms with Crippen LogP contribution in [0, 0.1) is 10.1 Å². The van der Waals surface area contributed by atoms with Gasteiger partial charge in [-0.1, -0.05) is 12.1 Å². The number of rotatable bonds is 7. The number of para-hydroxylation sites is 1. The highest BCUT2D eigenvalue weighted by atomic mass is 32.2. The molecule has 2 amide bonds. The van der Waals surface area contributed by atoms with Crippen LogP contribution in [0.3, 0.4) is 0 Å². The van der Waals surface area contributed by atoms with E-state index in [0.717, 1.165) is 0 Å². The number of nitrogens with two attached hydrogens (primary N) is 1. The number of nitro benzene ring substituents is 1. The van der Waals surface area contributed by atoms with Gasteiger partial charge >= 0.3 is 0 Å². The van der Waals surface area contributed by atoms with Crippen LogP contribution < -0.4 is 11.1 Å². The molecule has 0 saturated carbocycles. The molecule has 28 heavy (non-hydrogen) atoms. The van der Waals surface area contributed by atoms with Gasteiger partial charge in [0.25, 0.3) is 11.6 Å². The number of aromatic nitrogens is 2. The Bertz CT molecular complexity index is 1030. The molecule has 3 aromatic rings. The fourth-order valence-electron chi connectivity index (χ4n) is 2.35. The Morgan fingerprint density at radius 1 is 1.14 bits per heavy atom. The number of benzene rings is 2. The first kappa shape index (κ1) is 19.1. The monoisotopic (exact) mass is 397 g/mol. The van der Waals surface area contributed by atoms with E-state index in [2.05, 4.69) is 10.4 Å². The highest BCUT2D eigenvalue weighted by molar-refractivity contribution is 8.00. The van der Waals surface area contributed by atoms with E-state index < -0.39 is 16.7 Å². The van der Waals surface area contributed by atoms with E-state index in [1.165, 1.54) is 34.6 Å². The van der Waals surface area contributed by atoms with Crippen LogP contribution in [0.1, 0.15) is 10.5 Å². The van der Waals surface area contributed by atoms with Gasteiger partial charge in [-0.3, -0.25) is 19.7 Å². The van der Waals surface area contributed by atoms with Crippen molar-refractivity contribution in [2.45, 2.75) is 4.90 Å². The summed E-state index contributed by atoms with van der Waals surface area (Å²) in [7, 11) is 0. The molecule has 0 spiro atoms. The Balaban J connectivity index is 1.74. The first-order valence-corrected chi connectivity index (χ1v) is 9.04. The molecule has 0 bridgehead atoms. The van der Waals surface area contributed by atoms with Crippen LogP contribution in [-0.2, 0) is 4.79 Å². The van der Waals surface area contributed by atoms with Crippen molar-refractivity contribution in [1.29, 1.82) is 0 Å². The Kier molecular flexibility index (Phi) is 5.70. The molecule has 142 valence electrons. The third-order valence-corrected chi connectivity index (χ3v) is 4.75. The normalized spacial score (nSPS) is 10.4. The fourth-order valence-corrected chi connectivity index (χ4v) is 3.09. The van der Waals surface area contributed by atoms with Gasteiger partial charge in [-0.2, -0.15) is 5.10 Å². The summed E-state index contributed by atoms with van der Waals surface area (Å²) >= 11 is 1.23. The number of carbonyl (C=O) groups is 2. The minimum Gasteiger partial charge on any atom is -0.369 e. The van der Waals surface area contributed by atoms with Gasteiger partial charge in [-0.25, -0.2) is 4.68 Å². The summed E-state index contributed by atoms with van der Waals surface area (Å²) in [5, 5.41) is 17.7. The number of hydrogen-bond donors (Lipinski definition) is 2. The molecular weight excluding hydrogens is 382 g/mol. The lowest BCUT2D eigenvalue weighted by Gasteiger charge is -2.09. The number of thioether (sulfide) groups is 1. The number of primary amides is 1. The molecule has 9 nitrogen and oxygen atoms in total. The summed E-state index contributed by atoms with van der Waals surface area (Å²) in [4.78, 5) is 34.5. The Hall–Kier alpha value is -3.66. The lowest BCUT2D eigenvalue weighted by molar-refractivity contribution is -0.384. The molecule has 0 aliphatic rings. The molecule has 10 heteroatoms. The van der Waals surface area contributed by atoms with Gasteiger partial charge in [-0.15, -0.1) is 11.8 Å². The van der Waals surface area contributed by atoms with Crippen molar-refractivity contribution in [3.63, 3.8) is 0 Å². The van der Waals surface area contributed by atoms with Gasteiger partial charge in [0.1, 0.15) is 0 Å². The van der Waals surface area contributed by atoms with Crippen LogP contribution in [0.25, 0.3) is 5.69 Å². The second kappa shape index (κ2) is 8.35. The minimum absolute atomic E-state index is 0.0288. The van der Waals surface area contributed by atoms with Crippen LogP contribution in [0.4, 0.5) is 11.4 Å². The highest BCUT2D eigenvalue weighted by Crippen LogP contribution is 2.27. The lowest BCUT2D eigenvalue weighted by Crippen LogP contribution is -2.15. The standard InChI is InChI=1S/C18H15N5O4S/c19-17(24)11-28-16-4-2-1-3-14(16)20-18(25)15-9-10-22(21-15)12-5-7-13(8-6-12)23(26)27/h1-10H,11H2,(H2,19,24)(H,20,25). The van der Waals surface area contributed by atoms with E-state index in [1.54, 1.807) is 42.6 Å². The molecule has 1 aromatic heterocycles. The van der Waals surface area contributed by atoms with Crippen LogP contribution in [-0.4, -0.2) is 32.3 Å². The summed E-state index contributed by atoms with van der Waals surface area (Å²) in [6.07, 6.45) is 1.59. The first-order valence-electron chi connectivity index (χ1n) is 8.06. The van der Waals surface area contributed by atoms with Crippen molar-refractivity contribution in [1.82, 2.24) is 9.78 Å². The largest absolute Gasteiger partial charge is 0.369 e. The van der Waals surface area contributed by atoms with Gasteiger partial charge in [0.2, 0.25) is 5.91 Å². The molecule has 3 rings (SSSR count). The zero-order valence-electron chi connectivity index (χ0n) is 14.4. The topological polar surface area (TPSA) is 133 Å². The number of carbonyl (C=O) groups excluding carboxylic acids is 2. The van der Waals surface area contributed by atoms with E-state index in [-0.39, 0.29) is 17.1 Å². The summed E-state index contributed by atoms with van der Waals surface area (Å²) < 4.78 is 1.45. The lowest BCUT2D eigenvalue weighted by atomic mass is 10.3. The van der Waals surface area contributed by atoms with Crippen molar-refractivity contribution in [3.05, 3.63) is 76.6 Å².